The molecule has 1 aromatic heterocycles. The highest BCUT2D eigenvalue weighted by Gasteiger charge is 2.30. The number of hydrogen-bond donors (Lipinski definition) is 1. The van der Waals surface area contributed by atoms with Crippen molar-refractivity contribution in [3.8, 4) is 5.75 Å². The van der Waals surface area contributed by atoms with E-state index >= 15 is 0 Å². The summed E-state index contributed by atoms with van der Waals surface area (Å²) in [5, 5.41) is 6.77. The Morgan fingerprint density at radius 3 is 2.88 bits per heavy atom. The zero-order chi connectivity index (χ0) is 18.1. The SMILES string of the molecule is Cc1ccc2c(c1)C(NC(=O)c1cnn(CC(C)C)c1C(F)F)CO2. The Bertz CT molecular complexity index is 787. The molecule has 2 heterocycles. The van der Waals surface area contributed by atoms with Gasteiger partial charge in [-0.15, -0.1) is 0 Å². The Kier molecular flexibility index (Phi) is 4.74. The second kappa shape index (κ2) is 6.82. The summed E-state index contributed by atoms with van der Waals surface area (Å²) in [6, 6.07) is 5.35. The first-order valence-corrected chi connectivity index (χ1v) is 8.25. The lowest BCUT2D eigenvalue weighted by molar-refractivity contribution is 0.0912. The van der Waals surface area contributed by atoms with Crippen LogP contribution in [0.1, 0.15) is 53.5 Å². The number of carbonyl (C=O) groups is 1. The van der Waals surface area contributed by atoms with Crippen LogP contribution >= 0.6 is 0 Å². The number of amides is 1. The highest BCUT2D eigenvalue weighted by molar-refractivity contribution is 5.95. The third-order valence-electron chi connectivity index (χ3n) is 4.12. The lowest BCUT2D eigenvalue weighted by Crippen LogP contribution is -2.30. The first-order valence-electron chi connectivity index (χ1n) is 8.25. The van der Waals surface area contributed by atoms with Crippen molar-refractivity contribution >= 4 is 5.91 Å². The number of nitrogens with one attached hydrogen (secondary N) is 1. The molecular formula is C18H21F2N3O2. The Labute approximate surface area is 145 Å². The predicted octanol–water partition coefficient (Wildman–Crippen LogP) is 3.65. The van der Waals surface area contributed by atoms with Gasteiger partial charge in [-0.1, -0.05) is 31.5 Å². The average Bonchev–Trinajstić information content (AvgIpc) is 3.11. The molecule has 0 saturated heterocycles. The molecule has 0 aliphatic carbocycles. The number of hydrogen-bond acceptors (Lipinski definition) is 3. The highest BCUT2D eigenvalue weighted by Crippen LogP contribution is 2.33. The Hall–Kier alpha value is -2.44. The summed E-state index contributed by atoms with van der Waals surface area (Å²) in [6.07, 6.45) is -1.55. The summed E-state index contributed by atoms with van der Waals surface area (Å²) in [6.45, 7) is 6.39. The van der Waals surface area contributed by atoms with E-state index in [1.165, 1.54) is 10.9 Å². The van der Waals surface area contributed by atoms with Gasteiger partial charge in [0, 0.05) is 12.1 Å². The Balaban J connectivity index is 1.83. The van der Waals surface area contributed by atoms with Gasteiger partial charge >= 0.3 is 0 Å². The average molecular weight is 349 g/mol. The fourth-order valence-corrected chi connectivity index (χ4v) is 2.98. The van der Waals surface area contributed by atoms with Crippen LogP contribution in [-0.4, -0.2) is 22.3 Å². The van der Waals surface area contributed by atoms with Crippen molar-refractivity contribution < 1.29 is 18.3 Å². The molecule has 5 nitrogen and oxygen atoms in total. The van der Waals surface area contributed by atoms with Crippen molar-refractivity contribution in [2.75, 3.05) is 6.61 Å². The first-order chi connectivity index (χ1) is 11.9. The summed E-state index contributed by atoms with van der Waals surface area (Å²) in [7, 11) is 0. The van der Waals surface area contributed by atoms with Crippen LogP contribution < -0.4 is 10.1 Å². The molecule has 25 heavy (non-hydrogen) atoms. The number of alkyl halides is 2. The van der Waals surface area contributed by atoms with Gasteiger partial charge in [0.25, 0.3) is 12.3 Å². The van der Waals surface area contributed by atoms with Crippen LogP contribution in [0, 0.1) is 12.8 Å². The van der Waals surface area contributed by atoms with Gasteiger partial charge in [-0.25, -0.2) is 8.78 Å². The van der Waals surface area contributed by atoms with Crippen LogP contribution in [0.25, 0.3) is 0 Å². The Morgan fingerprint density at radius 1 is 1.44 bits per heavy atom. The van der Waals surface area contributed by atoms with Crippen LogP contribution in [0.5, 0.6) is 5.75 Å². The van der Waals surface area contributed by atoms with Crippen molar-refractivity contribution in [1.29, 1.82) is 0 Å². The minimum Gasteiger partial charge on any atom is -0.491 e. The summed E-state index contributed by atoms with van der Waals surface area (Å²) in [5.74, 6) is 0.292. The molecular weight excluding hydrogens is 328 g/mol. The molecule has 7 heteroatoms. The van der Waals surface area contributed by atoms with Crippen molar-refractivity contribution in [2.24, 2.45) is 5.92 Å². The quantitative estimate of drug-likeness (QED) is 0.896. The molecule has 0 bridgehead atoms. The van der Waals surface area contributed by atoms with E-state index in [9.17, 15) is 13.6 Å². The highest BCUT2D eigenvalue weighted by atomic mass is 19.3. The van der Waals surface area contributed by atoms with E-state index in [0.717, 1.165) is 11.1 Å². The summed E-state index contributed by atoms with van der Waals surface area (Å²) in [4.78, 5) is 12.6. The zero-order valence-electron chi connectivity index (χ0n) is 14.4. The predicted molar refractivity (Wildman–Crippen MR) is 88.9 cm³/mol. The van der Waals surface area contributed by atoms with Gasteiger partial charge in [0.2, 0.25) is 0 Å². The topological polar surface area (TPSA) is 56.2 Å². The van der Waals surface area contributed by atoms with Gasteiger partial charge in [-0.2, -0.15) is 5.10 Å². The number of fused-ring (bicyclic) bond motifs is 1. The molecule has 1 unspecified atom stereocenters. The van der Waals surface area contributed by atoms with Crippen LogP contribution in [0.2, 0.25) is 0 Å². The normalized spacial score (nSPS) is 16.2. The zero-order valence-corrected chi connectivity index (χ0v) is 14.4. The number of rotatable bonds is 5. The van der Waals surface area contributed by atoms with Crippen molar-refractivity contribution in [2.45, 2.75) is 39.8 Å². The molecule has 1 aliphatic heterocycles. The van der Waals surface area contributed by atoms with Gasteiger partial charge in [0.1, 0.15) is 18.1 Å². The van der Waals surface area contributed by atoms with E-state index in [4.69, 9.17) is 4.74 Å². The molecule has 0 radical (unpaired) electrons. The second-order valence-electron chi connectivity index (χ2n) is 6.70. The van der Waals surface area contributed by atoms with Crippen LogP contribution in [-0.2, 0) is 6.54 Å². The van der Waals surface area contributed by atoms with E-state index in [1.807, 2.05) is 39.0 Å². The third kappa shape index (κ3) is 3.50. The summed E-state index contributed by atoms with van der Waals surface area (Å²) < 4.78 is 33.7. The molecule has 1 aliphatic rings. The molecule has 1 N–H and O–H groups in total. The fourth-order valence-electron chi connectivity index (χ4n) is 2.98. The standard InChI is InChI=1S/C18H21F2N3O2/c1-10(2)8-23-16(17(19)20)13(7-21-23)18(24)22-14-9-25-15-5-4-11(3)6-12(14)15/h4-7,10,14,17H,8-9H2,1-3H3,(H,22,24). The number of benzene rings is 1. The molecule has 1 amide bonds. The molecule has 0 spiro atoms. The van der Waals surface area contributed by atoms with E-state index in [-0.39, 0.29) is 29.8 Å². The smallest absolute Gasteiger partial charge is 0.280 e. The second-order valence-corrected chi connectivity index (χ2v) is 6.70. The van der Waals surface area contributed by atoms with Gasteiger partial charge < -0.3 is 10.1 Å². The first kappa shape index (κ1) is 17.4. The third-order valence-corrected chi connectivity index (χ3v) is 4.12. The van der Waals surface area contributed by atoms with Gasteiger partial charge in [0.05, 0.1) is 17.8 Å². The Morgan fingerprint density at radius 2 is 2.20 bits per heavy atom. The van der Waals surface area contributed by atoms with Gasteiger partial charge in [0.15, 0.2) is 0 Å². The maximum atomic E-state index is 13.5. The molecule has 134 valence electrons. The minimum absolute atomic E-state index is 0.0863. The van der Waals surface area contributed by atoms with E-state index in [2.05, 4.69) is 10.4 Å². The van der Waals surface area contributed by atoms with Crippen molar-refractivity contribution in [1.82, 2.24) is 15.1 Å². The maximum Gasteiger partial charge on any atom is 0.280 e. The molecule has 3 rings (SSSR count). The minimum atomic E-state index is -2.77. The summed E-state index contributed by atoms with van der Waals surface area (Å²) in [5.41, 5.74) is 1.48. The lowest BCUT2D eigenvalue weighted by atomic mass is 10.1. The van der Waals surface area contributed by atoms with E-state index < -0.39 is 12.3 Å². The van der Waals surface area contributed by atoms with Crippen molar-refractivity contribution in [3.63, 3.8) is 0 Å². The molecule has 0 saturated carbocycles. The van der Waals surface area contributed by atoms with Crippen LogP contribution in [0.4, 0.5) is 8.78 Å². The number of halogens is 2. The molecule has 1 atom stereocenters. The molecule has 0 fully saturated rings. The van der Waals surface area contributed by atoms with Crippen LogP contribution in [0.15, 0.2) is 24.4 Å². The number of aryl methyl sites for hydroxylation is 1. The van der Waals surface area contributed by atoms with E-state index in [0.29, 0.717) is 12.3 Å². The fraction of sp³-hybridized carbons (Fsp3) is 0.444. The maximum absolute atomic E-state index is 13.5. The number of nitrogens with zero attached hydrogens (tertiary/aromatic N) is 2. The number of carbonyl (C=O) groups excluding carboxylic acids is 1. The van der Waals surface area contributed by atoms with E-state index in [1.54, 1.807) is 0 Å². The van der Waals surface area contributed by atoms with Gasteiger partial charge in [-0.05, 0) is 18.9 Å². The van der Waals surface area contributed by atoms with Gasteiger partial charge in [-0.3, -0.25) is 9.48 Å². The number of aromatic nitrogens is 2. The molecule has 1 aromatic carbocycles. The lowest BCUT2D eigenvalue weighted by Gasteiger charge is -2.14. The van der Waals surface area contributed by atoms with Crippen molar-refractivity contribution in [3.05, 3.63) is 46.8 Å². The monoisotopic (exact) mass is 349 g/mol. The van der Waals surface area contributed by atoms with Crippen LogP contribution in [0.3, 0.4) is 0 Å². The number of ether oxygens (including phenoxy) is 1. The molecule has 2 aromatic rings. The summed E-state index contributed by atoms with van der Waals surface area (Å²) >= 11 is 0. The largest absolute Gasteiger partial charge is 0.491 e.